The Kier molecular flexibility index (Phi) is 5.76. The number of benzene rings is 2. The van der Waals surface area contributed by atoms with E-state index in [1.807, 2.05) is 0 Å². The van der Waals surface area contributed by atoms with Crippen molar-refractivity contribution in [1.82, 2.24) is 4.90 Å². The van der Waals surface area contributed by atoms with Crippen LogP contribution in [-0.4, -0.2) is 29.1 Å². The second kappa shape index (κ2) is 7.79. The first-order valence-corrected chi connectivity index (χ1v) is 7.61. The molecule has 0 heterocycles. The fourth-order valence-corrected chi connectivity index (χ4v) is 2.56. The van der Waals surface area contributed by atoms with Gasteiger partial charge >= 0.3 is 5.97 Å². The highest BCUT2D eigenvalue weighted by molar-refractivity contribution is 5.82. The summed E-state index contributed by atoms with van der Waals surface area (Å²) in [7, 11) is 0. The molecule has 2 aromatic rings. The van der Waals surface area contributed by atoms with Crippen LogP contribution >= 0.6 is 0 Å². The summed E-state index contributed by atoms with van der Waals surface area (Å²) >= 11 is 0. The van der Waals surface area contributed by atoms with Gasteiger partial charge in [0.15, 0.2) is 0 Å². The zero-order valence-electron chi connectivity index (χ0n) is 12.6. The van der Waals surface area contributed by atoms with Crippen LogP contribution in [0.3, 0.4) is 0 Å². The molecule has 2 rings (SSSR count). The number of carboxylic acid groups (broad SMARTS) is 1. The molecule has 0 aliphatic rings. The summed E-state index contributed by atoms with van der Waals surface area (Å²) in [6, 6.07) is 15.0. The monoisotopic (exact) mass is 285 g/mol. The molecule has 0 saturated carbocycles. The first kappa shape index (κ1) is 15.5. The van der Waals surface area contributed by atoms with Crippen molar-refractivity contribution in [1.29, 1.82) is 0 Å². The normalized spacial score (nSPS) is 11.1. The highest BCUT2D eigenvalue weighted by atomic mass is 16.4. The third kappa shape index (κ3) is 4.87. The molecular formula is C18H23NO2. The molecule has 0 fully saturated rings. The number of aliphatic carboxylic acids is 1. The molecule has 3 heteroatoms. The quantitative estimate of drug-likeness (QED) is 0.747. The van der Waals surface area contributed by atoms with Crippen LogP contribution in [0.25, 0.3) is 10.8 Å². The molecule has 2 aromatic carbocycles. The molecule has 0 aliphatic heterocycles. The summed E-state index contributed by atoms with van der Waals surface area (Å²) in [5, 5.41) is 11.2. The Hall–Kier alpha value is -1.87. The minimum atomic E-state index is -0.701. The topological polar surface area (TPSA) is 40.5 Å². The molecule has 112 valence electrons. The highest BCUT2D eigenvalue weighted by Gasteiger charge is 2.05. The predicted molar refractivity (Wildman–Crippen MR) is 86.4 cm³/mol. The van der Waals surface area contributed by atoms with E-state index < -0.39 is 5.97 Å². The molecule has 0 amide bonds. The largest absolute Gasteiger partial charge is 0.481 e. The fraction of sp³-hybridized carbons (Fsp3) is 0.389. The van der Waals surface area contributed by atoms with Crippen LogP contribution in [-0.2, 0) is 11.3 Å². The van der Waals surface area contributed by atoms with Crippen molar-refractivity contribution in [2.24, 2.45) is 0 Å². The van der Waals surface area contributed by atoms with Gasteiger partial charge in [-0.3, -0.25) is 9.69 Å². The van der Waals surface area contributed by atoms with Crippen molar-refractivity contribution in [3.8, 4) is 0 Å². The minimum absolute atomic E-state index is 0.271. The van der Waals surface area contributed by atoms with Crippen LogP contribution in [0.2, 0.25) is 0 Å². The van der Waals surface area contributed by atoms with E-state index in [9.17, 15) is 4.79 Å². The number of rotatable bonds is 8. The third-order valence-electron chi connectivity index (χ3n) is 3.78. The van der Waals surface area contributed by atoms with Gasteiger partial charge in [-0.15, -0.1) is 0 Å². The van der Waals surface area contributed by atoms with E-state index in [1.165, 1.54) is 16.3 Å². The number of hydrogen-bond acceptors (Lipinski definition) is 2. The molecule has 0 aliphatic carbocycles. The maximum atomic E-state index is 10.5. The first-order valence-electron chi connectivity index (χ1n) is 7.61. The van der Waals surface area contributed by atoms with Gasteiger partial charge < -0.3 is 5.11 Å². The summed E-state index contributed by atoms with van der Waals surface area (Å²) in [6.45, 7) is 5.02. The Labute approximate surface area is 126 Å². The van der Waals surface area contributed by atoms with Gasteiger partial charge in [-0.2, -0.15) is 0 Å². The van der Waals surface area contributed by atoms with Gasteiger partial charge in [-0.25, -0.2) is 0 Å². The Morgan fingerprint density at radius 3 is 2.57 bits per heavy atom. The fourth-order valence-electron chi connectivity index (χ4n) is 2.56. The molecule has 0 bridgehead atoms. The van der Waals surface area contributed by atoms with Gasteiger partial charge in [0.1, 0.15) is 0 Å². The molecule has 0 unspecified atom stereocenters. The second-order valence-electron chi connectivity index (χ2n) is 5.40. The molecule has 0 saturated heterocycles. The summed E-state index contributed by atoms with van der Waals surface area (Å²) in [5.74, 6) is -0.701. The van der Waals surface area contributed by atoms with Crippen molar-refractivity contribution in [3.05, 3.63) is 48.0 Å². The third-order valence-corrected chi connectivity index (χ3v) is 3.78. The lowest BCUT2D eigenvalue weighted by Crippen LogP contribution is -2.24. The number of unbranched alkanes of at least 4 members (excludes halogenated alkanes) is 1. The van der Waals surface area contributed by atoms with Gasteiger partial charge in [0.05, 0.1) is 0 Å². The highest BCUT2D eigenvalue weighted by Crippen LogP contribution is 2.17. The lowest BCUT2D eigenvalue weighted by molar-refractivity contribution is -0.137. The summed E-state index contributed by atoms with van der Waals surface area (Å²) in [4.78, 5) is 12.9. The maximum absolute atomic E-state index is 10.5. The van der Waals surface area contributed by atoms with Crippen molar-refractivity contribution in [2.45, 2.75) is 32.7 Å². The van der Waals surface area contributed by atoms with Crippen molar-refractivity contribution >= 4 is 16.7 Å². The van der Waals surface area contributed by atoms with Crippen LogP contribution in [0.4, 0.5) is 0 Å². The Morgan fingerprint density at radius 2 is 1.86 bits per heavy atom. The number of nitrogens with zero attached hydrogens (tertiary/aromatic N) is 1. The van der Waals surface area contributed by atoms with E-state index in [2.05, 4.69) is 54.3 Å². The number of hydrogen-bond donors (Lipinski definition) is 1. The van der Waals surface area contributed by atoms with Gasteiger partial charge in [-0.05, 0) is 48.3 Å². The van der Waals surface area contributed by atoms with Gasteiger partial charge in [0.2, 0.25) is 0 Å². The summed E-state index contributed by atoms with van der Waals surface area (Å²) in [6.07, 6.45) is 1.96. The van der Waals surface area contributed by atoms with Gasteiger partial charge in [0, 0.05) is 13.0 Å². The second-order valence-corrected chi connectivity index (χ2v) is 5.40. The maximum Gasteiger partial charge on any atom is 0.303 e. The van der Waals surface area contributed by atoms with Crippen molar-refractivity contribution in [2.75, 3.05) is 13.1 Å². The van der Waals surface area contributed by atoms with E-state index >= 15 is 0 Å². The van der Waals surface area contributed by atoms with E-state index in [1.54, 1.807) is 0 Å². The summed E-state index contributed by atoms with van der Waals surface area (Å²) < 4.78 is 0. The van der Waals surface area contributed by atoms with Crippen molar-refractivity contribution < 1.29 is 9.90 Å². The molecule has 0 aromatic heterocycles. The van der Waals surface area contributed by atoms with Crippen LogP contribution in [0.15, 0.2) is 42.5 Å². The molecule has 0 atom stereocenters. The average molecular weight is 285 g/mol. The molecule has 3 nitrogen and oxygen atoms in total. The Morgan fingerprint density at radius 1 is 1.10 bits per heavy atom. The van der Waals surface area contributed by atoms with Crippen LogP contribution in [0, 0.1) is 0 Å². The summed E-state index contributed by atoms with van der Waals surface area (Å²) in [5.41, 5.74) is 1.31. The van der Waals surface area contributed by atoms with E-state index in [-0.39, 0.29) is 6.42 Å². The molecular weight excluding hydrogens is 262 g/mol. The number of carbonyl (C=O) groups is 1. The Bertz CT molecular complexity index is 595. The van der Waals surface area contributed by atoms with E-state index in [0.29, 0.717) is 0 Å². The number of carboxylic acids is 1. The smallest absolute Gasteiger partial charge is 0.303 e. The van der Waals surface area contributed by atoms with E-state index in [4.69, 9.17) is 5.11 Å². The lowest BCUT2D eigenvalue weighted by atomic mass is 10.1. The SMILES string of the molecule is CCN(CCCCC(=O)O)Cc1ccc2ccccc2c1. The zero-order chi connectivity index (χ0) is 15.1. The van der Waals surface area contributed by atoms with Gasteiger partial charge in [-0.1, -0.05) is 43.3 Å². The minimum Gasteiger partial charge on any atom is -0.481 e. The lowest BCUT2D eigenvalue weighted by Gasteiger charge is -2.20. The average Bonchev–Trinajstić information content (AvgIpc) is 2.50. The molecule has 21 heavy (non-hydrogen) atoms. The molecule has 1 N–H and O–H groups in total. The van der Waals surface area contributed by atoms with Gasteiger partial charge in [0.25, 0.3) is 0 Å². The van der Waals surface area contributed by atoms with E-state index in [0.717, 1.165) is 32.5 Å². The van der Waals surface area contributed by atoms with Crippen LogP contribution in [0.1, 0.15) is 31.7 Å². The molecule has 0 spiro atoms. The van der Waals surface area contributed by atoms with Crippen molar-refractivity contribution in [3.63, 3.8) is 0 Å². The first-order chi connectivity index (χ1) is 10.2. The predicted octanol–water partition coefficient (Wildman–Crippen LogP) is 3.92. The van der Waals surface area contributed by atoms with Crippen LogP contribution in [0.5, 0.6) is 0 Å². The zero-order valence-corrected chi connectivity index (χ0v) is 12.6. The molecule has 0 radical (unpaired) electrons. The standard InChI is InChI=1S/C18H23NO2/c1-2-19(12-6-5-9-18(20)21)14-15-10-11-16-7-3-4-8-17(16)13-15/h3-4,7-8,10-11,13H,2,5-6,9,12,14H2,1H3,(H,20,21). The Balaban J connectivity index is 1.91. The van der Waals surface area contributed by atoms with Crippen LogP contribution < -0.4 is 0 Å². The number of fused-ring (bicyclic) bond motifs is 1.